The van der Waals surface area contributed by atoms with Gasteiger partial charge >= 0.3 is 0 Å². The Bertz CT molecular complexity index is 298. The van der Waals surface area contributed by atoms with Crippen molar-refractivity contribution in [3.05, 3.63) is 11.1 Å². The molecule has 0 saturated heterocycles. The maximum atomic E-state index is 10.2. The number of carboxylic acid groups (broad SMARTS) is 1. The van der Waals surface area contributed by atoms with Crippen LogP contribution in [0.1, 0.15) is 12.1 Å². The van der Waals surface area contributed by atoms with Gasteiger partial charge in [-0.2, -0.15) is 0 Å². The first kappa shape index (κ1) is 9.98. The van der Waals surface area contributed by atoms with Crippen molar-refractivity contribution in [2.24, 2.45) is 0 Å². The third kappa shape index (κ3) is 3.02. The zero-order valence-electron chi connectivity index (χ0n) is 7.61. The first-order chi connectivity index (χ1) is 6.09. The summed E-state index contributed by atoms with van der Waals surface area (Å²) in [4.78, 5) is 16.2. The molecule has 4 nitrogen and oxygen atoms in total. The highest BCUT2D eigenvalue weighted by Gasteiger charge is 2.04. The number of carbonyl (C=O) groups excluding carboxylic acids is 1. The molecule has 0 spiro atoms. The number of carbonyl (C=O) groups is 1. The molecule has 1 aromatic heterocycles. The van der Waals surface area contributed by atoms with E-state index in [-0.39, 0.29) is 6.42 Å². The smallest absolute Gasteiger partial charge is 0.185 e. The average Bonchev–Trinajstić information content (AvgIpc) is 2.47. The molecule has 1 heterocycles. The Morgan fingerprint density at radius 1 is 1.77 bits per heavy atom. The Morgan fingerprint density at radius 3 is 2.92 bits per heavy atom. The standard InChI is InChI=1S/C8H12N2O2S/c1-6-5-13-8(9-6)10(2)4-3-7(11)12/h5H,3-4H2,1-2H3,(H,11,12)/p-1. The number of anilines is 1. The maximum Gasteiger partial charge on any atom is 0.185 e. The SMILES string of the molecule is Cc1csc(N(C)CCC(=O)[O-])n1. The van der Waals surface area contributed by atoms with Gasteiger partial charge in [0.25, 0.3) is 0 Å². The molecule has 1 rings (SSSR count). The molecule has 0 aliphatic rings. The van der Waals surface area contributed by atoms with Crippen LogP contribution in [0.25, 0.3) is 0 Å². The summed E-state index contributed by atoms with van der Waals surface area (Å²) in [5.41, 5.74) is 0.959. The Balaban J connectivity index is 2.48. The zero-order chi connectivity index (χ0) is 9.84. The summed E-state index contributed by atoms with van der Waals surface area (Å²) in [5, 5.41) is 13.0. The second kappa shape index (κ2) is 4.23. The van der Waals surface area contributed by atoms with Gasteiger partial charge in [0.05, 0.1) is 5.69 Å². The van der Waals surface area contributed by atoms with Crippen LogP contribution in [0.5, 0.6) is 0 Å². The molecule has 5 heteroatoms. The van der Waals surface area contributed by atoms with E-state index in [0.717, 1.165) is 10.8 Å². The van der Waals surface area contributed by atoms with Crippen LogP contribution >= 0.6 is 11.3 Å². The molecule has 0 radical (unpaired) electrons. The fraction of sp³-hybridized carbons (Fsp3) is 0.500. The van der Waals surface area contributed by atoms with Crippen LogP contribution in [-0.2, 0) is 4.79 Å². The highest BCUT2D eigenvalue weighted by atomic mass is 32.1. The van der Waals surface area contributed by atoms with E-state index in [0.29, 0.717) is 6.54 Å². The Hall–Kier alpha value is -1.10. The first-order valence-electron chi connectivity index (χ1n) is 3.92. The van der Waals surface area contributed by atoms with Gasteiger partial charge in [-0.15, -0.1) is 11.3 Å². The molecule has 0 N–H and O–H groups in total. The van der Waals surface area contributed by atoms with Crippen LogP contribution in [-0.4, -0.2) is 24.5 Å². The lowest BCUT2D eigenvalue weighted by Crippen LogP contribution is -2.28. The zero-order valence-corrected chi connectivity index (χ0v) is 8.43. The van der Waals surface area contributed by atoms with Gasteiger partial charge in [0, 0.05) is 31.4 Å². The van der Waals surface area contributed by atoms with E-state index in [1.807, 2.05) is 24.3 Å². The van der Waals surface area contributed by atoms with Gasteiger partial charge in [0.15, 0.2) is 5.13 Å². The molecular weight excluding hydrogens is 188 g/mol. The third-order valence-corrected chi connectivity index (χ3v) is 2.66. The second-order valence-electron chi connectivity index (χ2n) is 2.82. The van der Waals surface area contributed by atoms with E-state index < -0.39 is 5.97 Å². The lowest BCUT2D eigenvalue weighted by Gasteiger charge is -2.15. The summed E-state index contributed by atoms with van der Waals surface area (Å²) >= 11 is 1.51. The summed E-state index contributed by atoms with van der Waals surface area (Å²) in [6, 6.07) is 0. The summed E-state index contributed by atoms with van der Waals surface area (Å²) in [5.74, 6) is -1.03. The molecule has 0 bridgehead atoms. The van der Waals surface area contributed by atoms with Gasteiger partial charge in [-0.1, -0.05) is 0 Å². The molecule has 0 atom stereocenters. The normalized spacial score (nSPS) is 10.0. The molecule has 0 aliphatic carbocycles. The van der Waals surface area contributed by atoms with Crippen LogP contribution in [0, 0.1) is 6.92 Å². The van der Waals surface area contributed by atoms with Crippen molar-refractivity contribution in [3.8, 4) is 0 Å². The van der Waals surface area contributed by atoms with Crippen molar-refractivity contribution in [2.45, 2.75) is 13.3 Å². The van der Waals surface area contributed by atoms with E-state index >= 15 is 0 Å². The lowest BCUT2D eigenvalue weighted by molar-refractivity contribution is -0.305. The predicted molar refractivity (Wildman–Crippen MR) is 49.7 cm³/mol. The van der Waals surface area contributed by atoms with Crippen LogP contribution in [0.4, 0.5) is 5.13 Å². The van der Waals surface area contributed by atoms with Crippen molar-refractivity contribution in [3.63, 3.8) is 0 Å². The lowest BCUT2D eigenvalue weighted by atomic mass is 10.4. The largest absolute Gasteiger partial charge is 0.550 e. The summed E-state index contributed by atoms with van der Waals surface area (Å²) in [6.45, 7) is 2.35. The molecule has 0 saturated carbocycles. The Labute approximate surface area is 80.8 Å². The van der Waals surface area contributed by atoms with E-state index in [4.69, 9.17) is 0 Å². The van der Waals surface area contributed by atoms with Crippen molar-refractivity contribution in [1.82, 2.24) is 4.98 Å². The molecule has 0 fully saturated rings. The number of carboxylic acids is 1. The van der Waals surface area contributed by atoms with Gasteiger partial charge in [-0.05, 0) is 6.92 Å². The number of thiazole rings is 1. The van der Waals surface area contributed by atoms with Crippen LogP contribution in [0.3, 0.4) is 0 Å². The molecule has 0 aromatic carbocycles. The van der Waals surface area contributed by atoms with Crippen LogP contribution < -0.4 is 10.0 Å². The highest BCUT2D eigenvalue weighted by Crippen LogP contribution is 2.18. The molecular formula is C8H11N2O2S-. The number of hydrogen-bond acceptors (Lipinski definition) is 5. The molecule has 0 aliphatic heterocycles. The third-order valence-electron chi connectivity index (χ3n) is 1.58. The van der Waals surface area contributed by atoms with Crippen LogP contribution in [0.2, 0.25) is 0 Å². The summed E-state index contributed by atoms with van der Waals surface area (Å²) < 4.78 is 0. The summed E-state index contributed by atoms with van der Waals surface area (Å²) in [6.07, 6.45) is 0.0368. The van der Waals surface area contributed by atoms with E-state index in [1.54, 1.807) is 0 Å². The topological polar surface area (TPSA) is 56.3 Å². The number of aliphatic carboxylic acids is 1. The van der Waals surface area contributed by atoms with Crippen molar-refractivity contribution < 1.29 is 9.90 Å². The molecule has 0 amide bonds. The Morgan fingerprint density at radius 2 is 2.46 bits per heavy atom. The van der Waals surface area contributed by atoms with Gasteiger partial charge in [0.1, 0.15) is 0 Å². The van der Waals surface area contributed by atoms with Crippen molar-refractivity contribution >= 4 is 22.4 Å². The van der Waals surface area contributed by atoms with E-state index in [2.05, 4.69) is 4.98 Å². The van der Waals surface area contributed by atoms with Gasteiger partial charge < -0.3 is 14.8 Å². The second-order valence-corrected chi connectivity index (χ2v) is 3.65. The molecule has 0 unspecified atom stereocenters. The first-order valence-corrected chi connectivity index (χ1v) is 4.80. The fourth-order valence-electron chi connectivity index (χ4n) is 0.872. The quantitative estimate of drug-likeness (QED) is 0.686. The minimum absolute atomic E-state index is 0.0368. The van der Waals surface area contributed by atoms with E-state index in [1.165, 1.54) is 11.3 Å². The summed E-state index contributed by atoms with van der Waals surface area (Å²) in [7, 11) is 1.82. The molecule has 72 valence electrons. The number of aromatic nitrogens is 1. The van der Waals surface area contributed by atoms with Gasteiger partial charge in [-0.25, -0.2) is 4.98 Å². The van der Waals surface area contributed by atoms with Crippen LogP contribution in [0.15, 0.2) is 5.38 Å². The maximum absolute atomic E-state index is 10.2. The minimum Gasteiger partial charge on any atom is -0.550 e. The number of nitrogens with zero attached hydrogens (tertiary/aromatic N) is 2. The number of aryl methyl sites for hydroxylation is 1. The predicted octanol–water partition coefficient (Wildman–Crippen LogP) is 0.0277. The van der Waals surface area contributed by atoms with Crippen molar-refractivity contribution in [2.75, 3.05) is 18.5 Å². The molecule has 1 aromatic rings. The fourth-order valence-corrected chi connectivity index (χ4v) is 1.67. The average molecular weight is 199 g/mol. The van der Waals surface area contributed by atoms with E-state index in [9.17, 15) is 9.90 Å². The van der Waals surface area contributed by atoms with Gasteiger partial charge in [-0.3, -0.25) is 0 Å². The number of hydrogen-bond donors (Lipinski definition) is 0. The Kier molecular flexibility index (Phi) is 3.25. The van der Waals surface area contributed by atoms with Crippen molar-refractivity contribution in [1.29, 1.82) is 0 Å². The van der Waals surface area contributed by atoms with Gasteiger partial charge in [0.2, 0.25) is 0 Å². The monoisotopic (exact) mass is 199 g/mol. The number of rotatable bonds is 4. The highest BCUT2D eigenvalue weighted by molar-refractivity contribution is 7.13. The molecule has 13 heavy (non-hydrogen) atoms. The minimum atomic E-state index is -1.03.